The number of rotatable bonds is 8. The van der Waals surface area contributed by atoms with Crippen molar-refractivity contribution in [1.29, 1.82) is 0 Å². The van der Waals surface area contributed by atoms with Gasteiger partial charge in [-0.3, -0.25) is 0 Å². The van der Waals surface area contributed by atoms with Crippen LogP contribution in [0.25, 0.3) is 0 Å². The van der Waals surface area contributed by atoms with E-state index in [1.54, 1.807) is 12.2 Å². The van der Waals surface area contributed by atoms with Crippen LogP contribution >= 0.6 is 0 Å². The van der Waals surface area contributed by atoms with Gasteiger partial charge in [0.05, 0.1) is 0 Å². The van der Waals surface area contributed by atoms with Gasteiger partial charge in [-0.25, -0.2) is 8.78 Å². The first-order valence-electron chi connectivity index (χ1n) is 9.83. The minimum atomic E-state index is -0.342. The van der Waals surface area contributed by atoms with E-state index in [-0.39, 0.29) is 41.6 Å². The summed E-state index contributed by atoms with van der Waals surface area (Å²) in [5.74, 6) is -0.466. The zero-order valence-electron chi connectivity index (χ0n) is 16.2. The molecule has 0 aliphatic heterocycles. The Morgan fingerprint density at radius 2 is 2.11 bits per heavy atom. The summed E-state index contributed by atoms with van der Waals surface area (Å²) < 4.78 is 27.1. The molecule has 1 saturated carbocycles. The fourth-order valence-electron chi connectivity index (χ4n) is 3.77. The molecule has 0 radical (unpaired) electrons. The maximum Gasteiger partial charge on any atom is 0.122 e. The molecule has 0 aromatic heterocycles. The van der Waals surface area contributed by atoms with Crippen molar-refractivity contribution in [3.8, 4) is 0 Å². The fourth-order valence-corrected chi connectivity index (χ4v) is 3.77. The van der Waals surface area contributed by atoms with Crippen LogP contribution in [0.3, 0.4) is 0 Å². The van der Waals surface area contributed by atoms with Crippen LogP contribution in [0.15, 0.2) is 72.9 Å². The molecule has 5 atom stereocenters. The number of hydrogen-bond donors (Lipinski definition) is 2. The molecule has 0 bridgehead atoms. The van der Waals surface area contributed by atoms with Crippen LogP contribution in [0.5, 0.6) is 0 Å². The van der Waals surface area contributed by atoms with E-state index < -0.39 is 0 Å². The minimum absolute atomic E-state index is 0.0320. The molecule has 0 spiro atoms. The third kappa shape index (κ3) is 6.40. The highest BCUT2D eigenvalue weighted by Gasteiger charge is 2.30. The number of nitrogens with one attached hydrogen (secondary N) is 1. The second-order valence-electron chi connectivity index (χ2n) is 7.56. The zero-order valence-corrected chi connectivity index (χ0v) is 16.2. The van der Waals surface area contributed by atoms with Crippen molar-refractivity contribution in [3.05, 3.63) is 72.9 Å². The average molecular weight is 375 g/mol. The molecule has 0 aromatic rings. The summed E-state index contributed by atoms with van der Waals surface area (Å²) in [6.45, 7) is 9.79. The first-order valence-corrected chi connectivity index (χ1v) is 9.83. The van der Waals surface area contributed by atoms with Crippen LogP contribution in [0.4, 0.5) is 8.78 Å². The Bertz CT molecular complexity index is 645. The van der Waals surface area contributed by atoms with Gasteiger partial charge in [-0.2, -0.15) is 0 Å². The van der Waals surface area contributed by atoms with E-state index in [1.807, 2.05) is 13.0 Å². The van der Waals surface area contributed by atoms with Crippen LogP contribution in [0, 0.1) is 11.8 Å². The first-order chi connectivity index (χ1) is 12.9. The molecule has 2 aliphatic carbocycles. The van der Waals surface area contributed by atoms with Crippen LogP contribution in [-0.2, 0) is 0 Å². The van der Waals surface area contributed by atoms with Gasteiger partial charge >= 0.3 is 0 Å². The minimum Gasteiger partial charge on any atom is -0.326 e. The number of hydrogen-bond acceptors (Lipinski definition) is 2. The van der Waals surface area contributed by atoms with Gasteiger partial charge in [0, 0.05) is 18.1 Å². The highest BCUT2D eigenvalue weighted by molar-refractivity contribution is 5.27. The van der Waals surface area contributed by atoms with Gasteiger partial charge in [0.15, 0.2) is 0 Å². The summed E-state index contributed by atoms with van der Waals surface area (Å²) >= 11 is 0. The molecule has 2 rings (SSSR count). The molecule has 27 heavy (non-hydrogen) atoms. The largest absolute Gasteiger partial charge is 0.326 e. The molecule has 148 valence electrons. The highest BCUT2D eigenvalue weighted by Crippen LogP contribution is 2.29. The van der Waals surface area contributed by atoms with E-state index in [9.17, 15) is 8.78 Å². The topological polar surface area (TPSA) is 38.0 Å². The van der Waals surface area contributed by atoms with E-state index in [1.165, 1.54) is 24.3 Å². The van der Waals surface area contributed by atoms with Crippen molar-refractivity contribution in [1.82, 2.24) is 5.32 Å². The molecule has 0 aromatic carbocycles. The predicted octanol–water partition coefficient (Wildman–Crippen LogP) is 5.43. The van der Waals surface area contributed by atoms with Crippen molar-refractivity contribution < 1.29 is 8.78 Å². The van der Waals surface area contributed by atoms with E-state index in [0.717, 1.165) is 31.3 Å². The average Bonchev–Trinajstić information content (AvgIpc) is 2.66. The second kappa shape index (κ2) is 10.5. The third-order valence-corrected chi connectivity index (χ3v) is 5.53. The van der Waals surface area contributed by atoms with Gasteiger partial charge in [0.1, 0.15) is 11.7 Å². The lowest BCUT2D eigenvalue weighted by molar-refractivity contribution is 0.284. The Kier molecular flexibility index (Phi) is 8.39. The maximum absolute atomic E-state index is 13.6. The van der Waals surface area contributed by atoms with Gasteiger partial charge in [0.25, 0.3) is 0 Å². The number of allylic oxidation sites excluding steroid dienone is 8. The van der Waals surface area contributed by atoms with Crippen LogP contribution in [0.1, 0.15) is 39.0 Å². The zero-order chi connectivity index (χ0) is 19.8. The summed E-state index contributed by atoms with van der Waals surface area (Å²) in [4.78, 5) is 0. The molecule has 5 unspecified atom stereocenters. The number of halogens is 2. The van der Waals surface area contributed by atoms with Crippen molar-refractivity contribution in [2.75, 3.05) is 0 Å². The third-order valence-electron chi connectivity index (χ3n) is 5.53. The maximum atomic E-state index is 13.6. The lowest BCUT2D eigenvalue weighted by atomic mass is 9.81. The summed E-state index contributed by atoms with van der Waals surface area (Å²) in [5.41, 5.74) is 7.28. The van der Waals surface area contributed by atoms with Gasteiger partial charge < -0.3 is 11.1 Å². The molecule has 2 nitrogen and oxygen atoms in total. The molecular weight excluding hydrogens is 342 g/mol. The molecule has 0 heterocycles. The van der Waals surface area contributed by atoms with Crippen LogP contribution in [-0.4, -0.2) is 18.1 Å². The Labute approximate surface area is 162 Å². The molecule has 0 amide bonds. The van der Waals surface area contributed by atoms with Crippen molar-refractivity contribution >= 4 is 0 Å². The van der Waals surface area contributed by atoms with E-state index in [4.69, 9.17) is 5.73 Å². The van der Waals surface area contributed by atoms with Crippen molar-refractivity contribution in [2.24, 2.45) is 17.6 Å². The predicted molar refractivity (Wildman–Crippen MR) is 110 cm³/mol. The Morgan fingerprint density at radius 1 is 1.37 bits per heavy atom. The first kappa shape index (κ1) is 21.5. The van der Waals surface area contributed by atoms with Gasteiger partial charge in [-0.1, -0.05) is 56.7 Å². The van der Waals surface area contributed by atoms with Gasteiger partial charge in [-0.05, 0) is 55.4 Å². The van der Waals surface area contributed by atoms with E-state index >= 15 is 0 Å². The number of nitrogens with two attached hydrogens (primary N) is 1. The molecule has 3 N–H and O–H groups in total. The van der Waals surface area contributed by atoms with Gasteiger partial charge in [-0.15, -0.1) is 0 Å². The van der Waals surface area contributed by atoms with Crippen LogP contribution < -0.4 is 11.1 Å². The Balaban J connectivity index is 2.15. The lowest BCUT2D eigenvalue weighted by Crippen LogP contribution is -2.53. The standard InChI is InChI=1S/C23H32F2N2/c1-4-7-19(24)13-10-16(2)17(3)23(18-11-14-20(25)15-12-18)27-22-9-6-5-8-21(22)26/h4,7,10-11,13-16,18,21-23,27H,1,3,5-6,8-9,12,26H2,2H3/b13-10-,19-7+. The Hall–Kier alpha value is -1.78. The van der Waals surface area contributed by atoms with Gasteiger partial charge in [0.2, 0.25) is 0 Å². The molecular formula is C23H32F2N2. The fraction of sp³-hybridized carbons (Fsp3) is 0.478. The van der Waals surface area contributed by atoms with E-state index in [0.29, 0.717) is 6.42 Å². The lowest BCUT2D eigenvalue weighted by Gasteiger charge is -2.38. The second-order valence-corrected chi connectivity index (χ2v) is 7.56. The summed E-state index contributed by atoms with van der Waals surface area (Å²) in [5, 5.41) is 3.70. The molecule has 4 heteroatoms. The summed E-state index contributed by atoms with van der Waals surface area (Å²) in [6, 6.07) is 0.303. The SMILES string of the molecule is C=C/C=C(F)\C=C/C(C)C(=C)C(NC1CCCCC1N)C1C=CC(F)=CC1. The normalized spacial score (nSPS) is 28.7. The smallest absolute Gasteiger partial charge is 0.122 e. The highest BCUT2D eigenvalue weighted by atomic mass is 19.1. The monoisotopic (exact) mass is 374 g/mol. The van der Waals surface area contributed by atoms with Crippen molar-refractivity contribution in [2.45, 2.75) is 57.2 Å². The molecule has 2 aliphatic rings. The van der Waals surface area contributed by atoms with E-state index in [2.05, 4.69) is 18.5 Å². The quantitative estimate of drug-likeness (QED) is 0.439. The Morgan fingerprint density at radius 3 is 2.74 bits per heavy atom. The van der Waals surface area contributed by atoms with Crippen LogP contribution in [0.2, 0.25) is 0 Å². The van der Waals surface area contributed by atoms with Crippen molar-refractivity contribution in [3.63, 3.8) is 0 Å². The summed E-state index contributed by atoms with van der Waals surface area (Å²) in [7, 11) is 0. The molecule has 0 saturated heterocycles. The molecule has 1 fully saturated rings. The summed E-state index contributed by atoms with van der Waals surface area (Å²) in [6.07, 6.45) is 16.0.